The Labute approximate surface area is 139 Å². The number of carbonyl (C=O) groups excluding carboxylic acids is 1. The van der Waals surface area contributed by atoms with E-state index in [1.807, 2.05) is 10.3 Å². The number of aromatic nitrogens is 1. The van der Waals surface area contributed by atoms with E-state index < -0.39 is 0 Å². The second-order valence-electron chi connectivity index (χ2n) is 5.65. The van der Waals surface area contributed by atoms with Gasteiger partial charge in [-0.3, -0.25) is 0 Å². The molecule has 1 aliphatic rings. The van der Waals surface area contributed by atoms with E-state index in [9.17, 15) is 9.18 Å². The first-order chi connectivity index (χ1) is 11.2. The zero-order valence-corrected chi connectivity index (χ0v) is 13.7. The van der Waals surface area contributed by atoms with Gasteiger partial charge in [-0.2, -0.15) is 0 Å². The van der Waals surface area contributed by atoms with Crippen LogP contribution in [0.2, 0.25) is 0 Å². The molecule has 0 atom stereocenters. The Morgan fingerprint density at radius 1 is 1.26 bits per heavy atom. The fourth-order valence-corrected chi connectivity index (χ4v) is 3.57. The molecule has 1 aliphatic heterocycles. The van der Waals surface area contributed by atoms with Gasteiger partial charge in [0.1, 0.15) is 10.8 Å². The maximum Gasteiger partial charge on any atom is 0.317 e. The number of rotatable bonds is 4. The van der Waals surface area contributed by atoms with Crippen LogP contribution >= 0.6 is 11.3 Å². The van der Waals surface area contributed by atoms with Crippen molar-refractivity contribution in [2.24, 2.45) is 0 Å². The predicted molar refractivity (Wildman–Crippen MR) is 90.0 cm³/mol. The third kappa shape index (κ3) is 4.07. The molecule has 3 rings (SSSR count). The van der Waals surface area contributed by atoms with E-state index in [2.05, 4.69) is 10.3 Å². The van der Waals surface area contributed by atoms with Crippen molar-refractivity contribution < 1.29 is 9.18 Å². The van der Waals surface area contributed by atoms with E-state index >= 15 is 0 Å². The van der Waals surface area contributed by atoms with Gasteiger partial charge in [0.25, 0.3) is 0 Å². The summed E-state index contributed by atoms with van der Waals surface area (Å²) in [5, 5.41) is 5.55. The first kappa shape index (κ1) is 15.9. The highest BCUT2D eigenvalue weighted by molar-refractivity contribution is 7.13. The number of hydrogen-bond acceptors (Lipinski definition) is 3. The first-order valence-corrected chi connectivity index (χ1v) is 8.84. The van der Waals surface area contributed by atoms with Crippen molar-refractivity contribution in [2.75, 3.05) is 19.6 Å². The normalized spacial score (nSPS) is 14.7. The summed E-state index contributed by atoms with van der Waals surface area (Å²) in [5.74, 6) is -0.258. The van der Waals surface area contributed by atoms with Crippen molar-refractivity contribution in [1.29, 1.82) is 0 Å². The number of nitrogens with one attached hydrogen (secondary N) is 1. The lowest BCUT2D eigenvalue weighted by molar-refractivity contribution is 0.186. The maximum atomic E-state index is 13.8. The van der Waals surface area contributed by atoms with Crippen molar-refractivity contribution in [3.05, 3.63) is 41.2 Å². The van der Waals surface area contributed by atoms with Crippen LogP contribution in [0.15, 0.2) is 29.6 Å². The van der Waals surface area contributed by atoms with Gasteiger partial charge in [0.15, 0.2) is 0 Å². The standard InChI is InChI=1S/C17H20FN3OS/c18-15-7-3-2-6-14(15)16-20-13(12-23-16)8-9-19-17(22)21-10-4-1-5-11-21/h2-3,6-7,12H,1,4-5,8-11H2,(H,19,22). The van der Waals surface area contributed by atoms with Crippen LogP contribution in [-0.2, 0) is 6.42 Å². The highest BCUT2D eigenvalue weighted by Crippen LogP contribution is 2.26. The van der Waals surface area contributed by atoms with E-state index in [1.165, 1.54) is 23.8 Å². The highest BCUT2D eigenvalue weighted by Gasteiger charge is 2.16. The van der Waals surface area contributed by atoms with Gasteiger partial charge in [-0.25, -0.2) is 14.2 Å². The van der Waals surface area contributed by atoms with Gasteiger partial charge in [0.2, 0.25) is 0 Å². The van der Waals surface area contributed by atoms with E-state index in [1.54, 1.807) is 18.2 Å². The van der Waals surface area contributed by atoms with Crippen molar-refractivity contribution in [3.8, 4) is 10.6 Å². The average molecular weight is 333 g/mol. The Bertz CT molecular complexity index is 667. The number of piperidine rings is 1. The third-order valence-corrected chi connectivity index (χ3v) is 4.88. The number of amides is 2. The Balaban J connectivity index is 1.51. The van der Waals surface area contributed by atoms with Crippen molar-refractivity contribution in [3.63, 3.8) is 0 Å². The van der Waals surface area contributed by atoms with Crippen molar-refractivity contribution >= 4 is 17.4 Å². The molecule has 2 aromatic rings. The largest absolute Gasteiger partial charge is 0.338 e. The molecule has 6 heteroatoms. The van der Waals surface area contributed by atoms with Crippen LogP contribution in [-0.4, -0.2) is 35.5 Å². The van der Waals surface area contributed by atoms with E-state index in [4.69, 9.17) is 0 Å². The molecule has 1 saturated heterocycles. The van der Waals surface area contributed by atoms with Crippen molar-refractivity contribution in [2.45, 2.75) is 25.7 Å². The molecular weight excluding hydrogens is 313 g/mol. The second kappa shape index (κ2) is 7.55. The highest BCUT2D eigenvalue weighted by atomic mass is 32.1. The maximum absolute atomic E-state index is 13.8. The summed E-state index contributed by atoms with van der Waals surface area (Å²) in [6.45, 7) is 2.25. The number of hydrogen-bond donors (Lipinski definition) is 1. The number of thiazole rings is 1. The summed E-state index contributed by atoms with van der Waals surface area (Å²) < 4.78 is 13.8. The van der Waals surface area contributed by atoms with E-state index in [0.717, 1.165) is 31.6 Å². The molecule has 0 bridgehead atoms. The number of carbonyl (C=O) groups is 1. The monoisotopic (exact) mass is 333 g/mol. The summed E-state index contributed by atoms with van der Waals surface area (Å²) in [6, 6.07) is 6.65. The minimum absolute atomic E-state index is 0.00857. The van der Waals surface area contributed by atoms with Crippen LogP contribution in [0.5, 0.6) is 0 Å². The van der Waals surface area contributed by atoms with Crippen LogP contribution in [0.3, 0.4) is 0 Å². The van der Waals surface area contributed by atoms with Gasteiger partial charge >= 0.3 is 6.03 Å². The molecular formula is C17H20FN3OS. The first-order valence-electron chi connectivity index (χ1n) is 7.96. The van der Waals surface area contributed by atoms with E-state index in [-0.39, 0.29) is 11.8 Å². The van der Waals surface area contributed by atoms with Gasteiger partial charge in [-0.1, -0.05) is 12.1 Å². The quantitative estimate of drug-likeness (QED) is 0.927. The molecule has 1 N–H and O–H groups in total. The second-order valence-corrected chi connectivity index (χ2v) is 6.51. The van der Waals surface area contributed by atoms with Gasteiger partial charge in [-0.05, 0) is 31.4 Å². The zero-order chi connectivity index (χ0) is 16.1. The lowest BCUT2D eigenvalue weighted by Crippen LogP contribution is -2.43. The number of likely N-dealkylation sites (tertiary alicyclic amines) is 1. The molecule has 1 aromatic carbocycles. The summed E-state index contributed by atoms with van der Waals surface area (Å²) in [5.41, 5.74) is 1.41. The van der Waals surface area contributed by atoms with Gasteiger partial charge in [0, 0.05) is 37.0 Å². The lowest BCUT2D eigenvalue weighted by atomic mass is 10.1. The Morgan fingerprint density at radius 3 is 2.83 bits per heavy atom. The number of halogens is 1. The minimum atomic E-state index is -0.258. The molecule has 4 nitrogen and oxygen atoms in total. The minimum Gasteiger partial charge on any atom is -0.338 e. The topological polar surface area (TPSA) is 45.2 Å². The molecule has 1 aromatic heterocycles. The molecule has 122 valence electrons. The summed E-state index contributed by atoms with van der Waals surface area (Å²) in [7, 11) is 0. The number of urea groups is 1. The molecule has 23 heavy (non-hydrogen) atoms. The van der Waals surface area contributed by atoms with Gasteiger partial charge < -0.3 is 10.2 Å². The van der Waals surface area contributed by atoms with Gasteiger partial charge in [0.05, 0.1) is 5.69 Å². The summed E-state index contributed by atoms with van der Waals surface area (Å²) in [4.78, 5) is 18.3. The van der Waals surface area contributed by atoms with Crippen molar-refractivity contribution in [1.82, 2.24) is 15.2 Å². The van der Waals surface area contributed by atoms with Crippen LogP contribution in [0.25, 0.3) is 10.6 Å². The Kier molecular flexibility index (Phi) is 5.23. The van der Waals surface area contributed by atoms with Crippen LogP contribution in [0.1, 0.15) is 25.0 Å². The predicted octanol–water partition coefficient (Wildman–Crippen LogP) is 3.69. The number of benzene rings is 1. The zero-order valence-electron chi connectivity index (χ0n) is 12.9. The molecule has 2 heterocycles. The molecule has 1 fully saturated rings. The lowest BCUT2D eigenvalue weighted by Gasteiger charge is -2.26. The van der Waals surface area contributed by atoms with Gasteiger partial charge in [-0.15, -0.1) is 11.3 Å². The SMILES string of the molecule is O=C(NCCc1csc(-c2ccccc2F)n1)N1CCCCC1. The van der Waals surface area contributed by atoms with Crippen LogP contribution < -0.4 is 5.32 Å². The van der Waals surface area contributed by atoms with Crippen LogP contribution in [0.4, 0.5) is 9.18 Å². The Morgan fingerprint density at radius 2 is 2.04 bits per heavy atom. The Hall–Kier alpha value is -1.95. The number of nitrogens with zero attached hydrogens (tertiary/aromatic N) is 2. The molecule has 0 radical (unpaired) electrons. The third-order valence-electron chi connectivity index (χ3n) is 3.96. The summed E-state index contributed by atoms with van der Waals surface area (Å²) >= 11 is 1.43. The fourth-order valence-electron chi connectivity index (χ4n) is 2.69. The molecule has 0 saturated carbocycles. The summed E-state index contributed by atoms with van der Waals surface area (Å²) in [6.07, 6.45) is 4.04. The average Bonchev–Trinajstić information content (AvgIpc) is 3.04. The molecule has 2 amide bonds. The molecule has 0 unspecified atom stereocenters. The molecule has 0 aliphatic carbocycles. The van der Waals surface area contributed by atoms with E-state index in [0.29, 0.717) is 23.5 Å². The molecule has 0 spiro atoms. The fraction of sp³-hybridized carbons (Fsp3) is 0.412. The van der Waals surface area contributed by atoms with Crippen LogP contribution in [0, 0.1) is 5.82 Å². The smallest absolute Gasteiger partial charge is 0.317 e.